The first kappa shape index (κ1) is 10.7. The molecule has 2 aliphatic carbocycles. The molecule has 1 heterocycles. The minimum atomic E-state index is -0.792. The van der Waals surface area contributed by atoms with Crippen LogP contribution in [-0.4, -0.2) is 21.0 Å². The van der Waals surface area contributed by atoms with Gasteiger partial charge in [-0.05, 0) is 31.7 Å². The molecule has 1 aromatic rings. The molecule has 2 fully saturated rings. The zero-order chi connectivity index (χ0) is 11.9. The first-order chi connectivity index (χ1) is 8.22. The second-order valence-corrected chi connectivity index (χ2v) is 5.17. The van der Waals surface area contributed by atoms with E-state index in [4.69, 9.17) is 0 Å². The number of carboxylic acid groups (broad SMARTS) is 1. The van der Waals surface area contributed by atoms with Crippen LogP contribution in [0.4, 0.5) is 0 Å². The van der Waals surface area contributed by atoms with E-state index in [2.05, 4.69) is 9.97 Å². The Balaban J connectivity index is 1.94. The van der Waals surface area contributed by atoms with Gasteiger partial charge in [-0.3, -0.25) is 4.79 Å². The molecule has 0 aromatic carbocycles. The van der Waals surface area contributed by atoms with E-state index in [1.807, 2.05) is 6.07 Å². The van der Waals surface area contributed by atoms with Gasteiger partial charge in [0.25, 0.3) is 0 Å². The lowest BCUT2D eigenvalue weighted by atomic mass is 9.68. The normalized spacial score (nSPS) is 22.6. The van der Waals surface area contributed by atoms with Crippen molar-refractivity contribution in [2.45, 2.75) is 49.9 Å². The molecule has 2 saturated carbocycles. The summed E-state index contributed by atoms with van der Waals surface area (Å²) < 4.78 is 0. The Labute approximate surface area is 100 Å². The highest BCUT2D eigenvalue weighted by atomic mass is 16.4. The summed E-state index contributed by atoms with van der Waals surface area (Å²) in [6, 6.07) is 1.93. The van der Waals surface area contributed by atoms with Gasteiger partial charge in [-0.25, -0.2) is 9.97 Å². The van der Waals surface area contributed by atoms with Gasteiger partial charge in [-0.2, -0.15) is 0 Å². The highest BCUT2D eigenvalue weighted by Crippen LogP contribution is 2.43. The van der Waals surface area contributed by atoms with E-state index >= 15 is 0 Å². The van der Waals surface area contributed by atoms with E-state index in [1.54, 1.807) is 6.20 Å². The van der Waals surface area contributed by atoms with Crippen molar-refractivity contribution in [3.8, 4) is 0 Å². The molecule has 1 N–H and O–H groups in total. The summed E-state index contributed by atoms with van der Waals surface area (Å²) in [5, 5.41) is 9.36. The fourth-order valence-electron chi connectivity index (χ4n) is 2.60. The molecular weight excluding hydrogens is 216 g/mol. The Morgan fingerprint density at radius 3 is 2.59 bits per heavy atom. The molecule has 0 saturated heterocycles. The van der Waals surface area contributed by atoms with Crippen molar-refractivity contribution < 1.29 is 9.90 Å². The van der Waals surface area contributed by atoms with E-state index in [1.165, 1.54) is 19.3 Å². The number of rotatable bonds is 3. The van der Waals surface area contributed by atoms with Gasteiger partial charge in [0.05, 0.1) is 0 Å². The lowest BCUT2D eigenvalue weighted by Crippen LogP contribution is -2.44. The van der Waals surface area contributed by atoms with Crippen molar-refractivity contribution >= 4 is 5.97 Å². The monoisotopic (exact) mass is 232 g/mol. The van der Waals surface area contributed by atoms with Crippen LogP contribution in [0.25, 0.3) is 0 Å². The first-order valence-corrected chi connectivity index (χ1v) is 6.29. The van der Waals surface area contributed by atoms with Crippen LogP contribution in [-0.2, 0) is 10.2 Å². The molecule has 0 atom stereocenters. The van der Waals surface area contributed by atoms with Crippen LogP contribution in [0, 0.1) is 0 Å². The number of hydrogen-bond acceptors (Lipinski definition) is 3. The van der Waals surface area contributed by atoms with Gasteiger partial charge in [0.1, 0.15) is 11.2 Å². The van der Waals surface area contributed by atoms with Crippen LogP contribution in [0.3, 0.4) is 0 Å². The number of carbonyl (C=O) groups is 1. The third-order valence-corrected chi connectivity index (χ3v) is 4.25. The summed E-state index contributed by atoms with van der Waals surface area (Å²) in [4.78, 5) is 20.1. The maximum atomic E-state index is 11.4. The van der Waals surface area contributed by atoms with Gasteiger partial charge in [0, 0.05) is 17.8 Å². The number of aliphatic carboxylic acids is 1. The second kappa shape index (κ2) is 3.79. The summed E-state index contributed by atoms with van der Waals surface area (Å²) >= 11 is 0. The number of nitrogens with zero attached hydrogens (tertiary/aromatic N) is 2. The highest BCUT2D eigenvalue weighted by molar-refractivity contribution is 5.81. The van der Waals surface area contributed by atoms with Crippen LogP contribution in [0.5, 0.6) is 0 Å². The van der Waals surface area contributed by atoms with Crippen molar-refractivity contribution in [2.24, 2.45) is 0 Å². The Bertz CT molecular complexity index is 450. The third kappa shape index (κ3) is 1.54. The Hall–Kier alpha value is -1.45. The molecule has 0 amide bonds. The second-order valence-electron chi connectivity index (χ2n) is 5.17. The maximum Gasteiger partial charge on any atom is 0.317 e. The van der Waals surface area contributed by atoms with Crippen LogP contribution >= 0.6 is 0 Å². The zero-order valence-electron chi connectivity index (χ0n) is 9.72. The van der Waals surface area contributed by atoms with Crippen LogP contribution < -0.4 is 0 Å². The lowest BCUT2D eigenvalue weighted by Gasteiger charge is -2.36. The van der Waals surface area contributed by atoms with E-state index in [9.17, 15) is 9.90 Å². The van der Waals surface area contributed by atoms with Crippen molar-refractivity contribution in [2.75, 3.05) is 0 Å². The predicted octanol–water partition coefficient (Wildman–Crippen LogP) is 2.25. The summed E-state index contributed by atoms with van der Waals surface area (Å²) in [7, 11) is 0. The first-order valence-electron chi connectivity index (χ1n) is 6.29. The average Bonchev–Trinajstić information content (AvgIpc) is 2.12. The number of aromatic nitrogens is 2. The number of hydrogen-bond donors (Lipinski definition) is 1. The van der Waals surface area contributed by atoms with Crippen molar-refractivity contribution in [3.63, 3.8) is 0 Å². The Morgan fingerprint density at radius 1 is 1.35 bits per heavy atom. The molecular formula is C13H16N2O2. The molecule has 90 valence electrons. The molecule has 4 heteroatoms. The standard InChI is InChI=1S/C13H16N2O2/c16-12(17)13(6-2-7-13)11-14-8-5-10(15-11)9-3-1-4-9/h5,8-9H,1-4,6-7H2,(H,16,17). The minimum Gasteiger partial charge on any atom is -0.480 e. The molecule has 0 unspecified atom stereocenters. The summed E-state index contributed by atoms with van der Waals surface area (Å²) in [5.41, 5.74) is 0.244. The van der Waals surface area contributed by atoms with Crippen molar-refractivity contribution in [3.05, 3.63) is 23.8 Å². The quantitative estimate of drug-likeness (QED) is 0.868. The molecule has 0 bridgehead atoms. The Morgan fingerprint density at radius 2 is 2.12 bits per heavy atom. The molecule has 0 spiro atoms. The third-order valence-electron chi connectivity index (χ3n) is 4.25. The Kier molecular flexibility index (Phi) is 2.38. The zero-order valence-corrected chi connectivity index (χ0v) is 9.72. The van der Waals surface area contributed by atoms with E-state index < -0.39 is 11.4 Å². The highest BCUT2D eigenvalue weighted by Gasteiger charge is 2.48. The van der Waals surface area contributed by atoms with Crippen molar-refractivity contribution in [1.29, 1.82) is 0 Å². The average molecular weight is 232 g/mol. The molecule has 0 radical (unpaired) electrons. The predicted molar refractivity (Wildman–Crippen MR) is 61.8 cm³/mol. The van der Waals surface area contributed by atoms with Crippen molar-refractivity contribution in [1.82, 2.24) is 9.97 Å². The lowest BCUT2D eigenvalue weighted by molar-refractivity contribution is -0.147. The fraction of sp³-hybridized carbons (Fsp3) is 0.615. The summed E-state index contributed by atoms with van der Waals surface area (Å²) in [6.07, 6.45) is 7.65. The maximum absolute atomic E-state index is 11.4. The van der Waals surface area contributed by atoms with Crippen LogP contribution in [0.15, 0.2) is 12.3 Å². The smallest absolute Gasteiger partial charge is 0.317 e. The number of carboxylic acids is 1. The minimum absolute atomic E-state index is 0.528. The fourth-order valence-corrected chi connectivity index (χ4v) is 2.60. The van der Waals surface area contributed by atoms with Gasteiger partial charge in [-0.1, -0.05) is 12.8 Å². The van der Waals surface area contributed by atoms with Gasteiger partial charge < -0.3 is 5.11 Å². The van der Waals surface area contributed by atoms with Gasteiger partial charge in [-0.15, -0.1) is 0 Å². The molecule has 3 rings (SSSR count). The molecule has 4 nitrogen and oxygen atoms in total. The van der Waals surface area contributed by atoms with Gasteiger partial charge in [0.2, 0.25) is 0 Å². The van der Waals surface area contributed by atoms with E-state index in [0.29, 0.717) is 24.6 Å². The van der Waals surface area contributed by atoms with Crippen LogP contribution in [0.2, 0.25) is 0 Å². The largest absolute Gasteiger partial charge is 0.480 e. The van der Waals surface area contributed by atoms with E-state index in [0.717, 1.165) is 12.1 Å². The molecule has 1 aromatic heterocycles. The molecule has 17 heavy (non-hydrogen) atoms. The van der Waals surface area contributed by atoms with Gasteiger partial charge >= 0.3 is 5.97 Å². The topological polar surface area (TPSA) is 63.1 Å². The molecule has 2 aliphatic rings. The molecule has 0 aliphatic heterocycles. The SMILES string of the molecule is O=C(O)C1(c2nccc(C3CCC3)n2)CCC1. The summed E-state index contributed by atoms with van der Waals surface area (Å²) in [5.74, 6) is 0.290. The van der Waals surface area contributed by atoms with E-state index in [-0.39, 0.29) is 0 Å². The van der Waals surface area contributed by atoms with Crippen LogP contribution in [0.1, 0.15) is 56.0 Å². The van der Waals surface area contributed by atoms with Gasteiger partial charge in [0.15, 0.2) is 0 Å². The summed E-state index contributed by atoms with van der Waals surface area (Å²) in [6.45, 7) is 0.